The lowest BCUT2D eigenvalue weighted by atomic mass is 10.2. The molecule has 0 saturated carbocycles. The van der Waals surface area contributed by atoms with Crippen LogP contribution in [0, 0.1) is 11.6 Å². The standard InChI is InChI=1S/C13H7ClF2N2/c14-7-3-1-4-8(15)11(7)13-17-10-6-2-5-9(16)12(10)18-13/h1-6H,(H,17,18). The van der Waals surface area contributed by atoms with E-state index in [1.54, 1.807) is 18.2 Å². The number of rotatable bonds is 1. The van der Waals surface area contributed by atoms with Gasteiger partial charge in [0.25, 0.3) is 0 Å². The second-order valence-corrected chi connectivity index (χ2v) is 4.23. The minimum atomic E-state index is -0.498. The fourth-order valence-electron chi connectivity index (χ4n) is 1.84. The molecule has 1 aromatic heterocycles. The van der Waals surface area contributed by atoms with Crippen LogP contribution >= 0.6 is 11.6 Å². The molecule has 3 aromatic rings. The molecule has 0 aliphatic carbocycles. The molecule has 2 aromatic carbocycles. The Morgan fingerprint density at radius 1 is 1.00 bits per heavy atom. The van der Waals surface area contributed by atoms with E-state index in [1.165, 1.54) is 18.2 Å². The Bertz CT molecular complexity index is 717. The maximum absolute atomic E-state index is 13.7. The molecular weight excluding hydrogens is 258 g/mol. The molecule has 0 spiro atoms. The smallest absolute Gasteiger partial charge is 0.151 e. The van der Waals surface area contributed by atoms with Crippen molar-refractivity contribution in [2.75, 3.05) is 0 Å². The summed E-state index contributed by atoms with van der Waals surface area (Å²) >= 11 is 5.94. The summed E-state index contributed by atoms with van der Waals surface area (Å²) in [6, 6.07) is 8.88. The van der Waals surface area contributed by atoms with Crippen LogP contribution in [0.4, 0.5) is 8.78 Å². The number of nitrogens with one attached hydrogen (secondary N) is 1. The average molecular weight is 265 g/mol. The van der Waals surface area contributed by atoms with E-state index in [4.69, 9.17) is 11.6 Å². The quantitative estimate of drug-likeness (QED) is 0.702. The summed E-state index contributed by atoms with van der Waals surface area (Å²) < 4.78 is 27.2. The molecule has 0 atom stereocenters. The van der Waals surface area contributed by atoms with Crippen LogP contribution in [0.5, 0.6) is 0 Å². The molecule has 0 aliphatic heterocycles. The van der Waals surface area contributed by atoms with Crippen LogP contribution in [-0.2, 0) is 0 Å². The van der Waals surface area contributed by atoms with Gasteiger partial charge in [0.1, 0.15) is 17.2 Å². The van der Waals surface area contributed by atoms with E-state index in [2.05, 4.69) is 9.97 Å². The van der Waals surface area contributed by atoms with Crippen LogP contribution < -0.4 is 0 Å². The van der Waals surface area contributed by atoms with Crippen molar-refractivity contribution in [2.24, 2.45) is 0 Å². The van der Waals surface area contributed by atoms with Gasteiger partial charge in [-0.1, -0.05) is 23.7 Å². The molecule has 90 valence electrons. The number of fused-ring (bicyclic) bond motifs is 1. The van der Waals surface area contributed by atoms with E-state index in [-0.39, 0.29) is 21.9 Å². The zero-order valence-electron chi connectivity index (χ0n) is 9.05. The molecule has 0 aliphatic rings. The zero-order valence-corrected chi connectivity index (χ0v) is 9.80. The van der Waals surface area contributed by atoms with Gasteiger partial charge in [0.05, 0.1) is 16.1 Å². The normalized spacial score (nSPS) is 11.1. The van der Waals surface area contributed by atoms with E-state index in [0.29, 0.717) is 5.52 Å². The lowest BCUT2D eigenvalue weighted by Gasteiger charge is -2.01. The average Bonchev–Trinajstić information content (AvgIpc) is 2.74. The third-order valence-corrected chi connectivity index (χ3v) is 2.98. The zero-order chi connectivity index (χ0) is 12.7. The van der Waals surface area contributed by atoms with Crippen molar-refractivity contribution in [2.45, 2.75) is 0 Å². The first kappa shape index (κ1) is 11.2. The summed E-state index contributed by atoms with van der Waals surface area (Å²) in [6.07, 6.45) is 0. The fourth-order valence-corrected chi connectivity index (χ4v) is 2.09. The molecule has 18 heavy (non-hydrogen) atoms. The maximum Gasteiger partial charge on any atom is 0.151 e. The van der Waals surface area contributed by atoms with Crippen LogP contribution in [0.2, 0.25) is 5.02 Å². The molecule has 3 rings (SSSR count). The van der Waals surface area contributed by atoms with E-state index in [1.807, 2.05) is 0 Å². The molecule has 1 heterocycles. The predicted molar refractivity (Wildman–Crippen MR) is 66.5 cm³/mol. The van der Waals surface area contributed by atoms with Crippen molar-refractivity contribution >= 4 is 22.6 Å². The molecule has 2 nitrogen and oxygen atoms in total. The Labute approximate surface area is 106 Å². The van der Waals surface area contributed by atoms with Gasteiger partial charge in [0.2, 0.25) is 0 Å². The van der Waals surface area contributed by atoms with Crippen molar-refractivity contribution in [1.82, 2.24) is 9.97 Å². The van der Waals surface area contributed by atoms with Crippen molar-refractivity contribution < 1.29 is 8.78 Å². The third-order valence-electron chi connectivity index (χ3n) is 2.66. The Morgan fingerprint density at radius 2 is 1.72 bits per heavy atom. The van der Waals surface area contributed by atoms with Crippen LogP contribution in [0.3, 0.4) is 0 Å². The first-order valence-corrected chi connectivity index (χ1v) is 5.63. The van der Waals surface area contributed by atoms with Gasteiger partial charge in [0.15, 0.2) is 5.82 Å². The largest absolute Gasteiger partial charge is 0.338 e. The highest BCUT2D eigenvalue weighted by atomic mass is 35.5. The summed E-state index contributed by atoms with van der Waals surface area (Å²) in [7, 11) is 0. The van der Waals surface area contributed by atoms with Gasteiger partial charge < -0.3 is 4.98 Å². The predicted octanol–water partition coefficient (Wildman–Crippen LogP) is 4.16. The first-order valence-electron chi connectivity index (χ1n) is 5.25. The molecular formula is C13H7ClF2N2. The van der Waals surface area contributed by atoms with Crippen molar-refractivity contribution in [3.8, 4) is 11.4 Å². The van der Waals surface area contributed by atoms with Crippen LogP contribution in [0.15, 0.2) is 36.4 Å². The topological polar surface area (TPSA) is 28.7 Å². The van der Waals surface area contributed by atoms with E-state index >= 15 is 0 Å². The van der Waals surface area contributed by atoms with Crippen molar-refractivity contribution in [3.05, 3.63) is 53.1 Å². The number of para-hydroxylation sites is 1. The Kier molecular flexibility index (Phi) is 2.52. The van der Waals surface area contributed by atoms with Gasteiger partial charge in [-0.3, -0.25) is 0 Å². The number of nitrogens with zero attached hydrogens (tertiary/aromatic N) is 1. The van der Waals surface area contributed by atoms with Gasteiger partial charge in [0, 0.05) is 0 Å². The Morgan fingerprint density at radius 3 is 2.44 bits per heavy atom. The number of hydrogen-bond acceptors (Lipinski definition) is 1. The molecule has 1 N–H and O–H groups in total. The Balaban J connectivity index is 2.30. The molecule has 0 radical (unpaired) electrons. The highest BCUT2D eigenvalue weighted by molar-refractivity contribution is 6.33. The third kappa shape index (κ3) is 1.66. The van der Waals surface area contributed by atoms with Gasteiger partial charge in [-0.25, -0.2) is 13.8 Å². The Hall–Kier alpha value is -1.94. The fraction of sp³-hybridized carbons (Fsp3) is 0. The summed E-state index contributed by atoms with van der Waals surface area (Å²) in [6.45, 7) is 0. The van der Waals surface area contributed by atoms with Gasteiger partial charge in [-0.2, -0.15) is 0 Å². The summed E-state index contributed by atoms with van der Waals surface area (Å²) in [4.78, 5) is 6.91. The minimum absolute atomic E-state index is 0.148. The van der Waals surface area contributed by atoms with Gasteiger partial charge >= 0.3 is 0 Å². The number of halogens is 3. The first-order chi connectivity index (χ1) is 8.66. The molecule has 0 unspecified atom stereocenters. The van der Waals surface area contributed by atoms with E-state index in [0.717, 1.165) is 0 Å². The van der Waals surface area contributed by atoms with E-state index in [9.17, 15) is 8.78 Å². The molecule has 0 amide bonds. The number of aromatic amines is 1. The lowest BCUT2D eigenvalue weighted by molar-refractivity contribution is 0.629. The highest BCUT2D eigenvalue weighted by Gasteiger charge is 2.14. The maximum atomic E-state index is 13.7. The van der Waals surface area contributed by atoms with Crippen LogP contribution in [0.25, 0.3) is 22.4 Å². The van der Waals surface area contributed by atoms with Crippen molar-refractivity contribution in [3.63, 3.8) is 0 Å². The minimum Gasteiger partial charge on any atom is -0.338 e. The second-order valence-electron chi connectivity index (χ2n) is 3.82. The second kappa shape index (κ2) is 4.07. The summed E-state index contributed by atoms with van der Waals surface area (Å²) in [5.74, 6) is -0.734. The van der Waals surface area contributed by atoms with Crippen molar-refractivity contribution in [1.29, 1.82) is 0 Å². The molecule has 0 fully saturated rings. The summed E-state index contributed by atoms with van der Waals surface area (Å²) in [5, 5.41) is 0.231. The molecule has 0 saturated heterocycles. The molecule has 5 heteroatoms. The van der Waals surface area contributed by atoms with Gasteiger partial charge in [-0.05, 0) is 24.3 Å². The number of imidazole rings is 1. The number of H-pyrrole nitrogens is 1. The number of hydrogen-bond donors (Lipinski definition) is 1. The molecule has 0 bridgehead atoms. The SMILES string of the molecule is Fc1cccc(Cl)c1-c1nc2c(F)cccc2[nH]1. The number of aromatic nitrogens is 2. The van der Waals surface area contributed by atoms with E-state index < -0.39 is 11.6 Å². The number of benzene rings is 2. The summed E-state index contributed by atoms with van der Waals surface area (Å²) in [5.41, 5.74) is 0.825. The lowest BCUT2D eigenvalue weighted by Crippen LogP contribution is -1.87. The van der Waals surface area contributed by atoms with Gasteiger partial charge in [-0.15, -0.1) is 0 Å². The van der Waals surface area contributed by atoms with Crippen LogP contribution in [-0.4, -0.2) is 9.97 Å². The highest BCUT2D eigenvalue weighted by Crippen LogP contribution is 2.30. The van der Waals surface area contributed by atoms with Crippen LogP contribution in [0.1, 0.15) is 0 Å². The monoisotopic (exact) mass is 264 g/mol.